The van der Waals surface area contributed by atoms with E-state index in [-0.39, 0.29) is 4.90 Å². The molecule has 0 amide bonds. The van der Waals surface area contributed by atoms with Gasteiger partial charge in [0.25, 0.3) is 0 Å². The van der Waals surface area contributed by atoms with E-state index in [1.165, 1.54) is 18.0 Å². The van der Waals surface area contributed by atoms with Crippen LogP contribution in [0.1, 0.15) is 19.3 Å². The average Bonchev–Trinajstić information content (AvgIpc) is 2.57. The fourth-order valence-corrected chi connectivity index (χ4v) is 4.68. The Balaban J connectivity index is 1.76. The van der Waals surface area contributed by atoms with Gasteiger partial charge in [0.2, 0.25) is 10.0 Å². The second-order valence-corrected chi connectivity index (χ2v) is 8.24. The van der Waals surface area contributed by atoms with E-state index < -0.39 is 10.0 Å². The Morgan fingerprint density at radius 1 is 0.955 bits per heavy atom. The smallest absolute Gasteiger partial charge is 0.244 e. The largest absolute Gasteiger partial charge is 0.248 e. The van der Waals surface area contributed by atoms with Gasteiger partial charge >= 0.3 is 0 Å². The molecule has 1 aliphatic rings. The molecule has 1 aromatic carbocycles. The van der Waals surface area contributed by atoms with E-state index in [2.05, 4.69) is 4.98 Å². The van der Waals surface area contributed by atoms with Gasteiger partial charge in [-0.2, -0.15) is 4.31 Å². The molecule has 0 spiro atoms. The monoisotopic (exact) mass is 334 g/mol. The standard InChI is InChI=1S/C16H18N2O2S2/c19-22(20,18-11-5-2-6-12-18)15-9-10-16(17-13-15)21-14-7-3-1-4-8-14/h1,3-4,7-10,13H,2,5-6,11-12H2. The summed E-state index contributed by atoms with van der Waals surface area (Å²) in [5.74, 6) is 0. The van der Waals surface area contributed by atoms with Crippen LogP contribution in [0.5, 0.6) is 0 Å². The molecule has 116 valence electrons. The van der Waals surface area contributed by atoms with E-state index in [1.807, 2.05) is 30.3 Å². The molecule has 1 aromatic heterocycles. The molecule has 0 N–H and O–H groups in total. The molecule has 1 aliphatic heterocycles. The average molecular weight is 334 g/mol. The Hall–Kier alpha value is -1.37. The van der Waals surface area contributed by atoms with Crippen molar-refractivity contribution >= 4 is 21.8 Å². The van der Waals surface area contributed by atoms with Crippen molar-refractivity contribution in [1.29, 1.82) is 0 Å². The van der Waals surface area contributed by atoms with Crippen LogP contribution in [0, 0.1) is 0 Å². The minimum absolute atomic E-state index is 0.284. The number of piperidine rings is 1. The van der Waals surface area contributed by atoms with Gasteiger partial charge in [0.15, 0.2) is 0 Å². The summed E-state index contributed by atoms with van der Waals surface area (Å²) in [6.07, 6.45) is 4.45. The Kier molecular flexibility index (Phi) is 4.81. The zero-order valence-electron chi connectivity index (χ0n) is 12.2. The Labute approximate surface area is 135 Å². The summed E-state index contributed by atoms with van der Waals surface area (Å²) in [5.41, 5.74) is 0. The third-order valence-electron chi connectivity index (χ3n) is 3.63. The highest BCUT2D eigenvalue weighted by molar-refractivity contribution is 7.99. The topological polar surface area (TPSA) is 50.3 Å². The molecule has 2 aromatic rings. The molecule has 3 rings (SSSR count). The summed E-state index contributed by atoms with van der Waals surface area (Å²) in [5, 5.41) is 0.795. The zero-order chi connectivity index (χ0) is 15.4. The van der Waals surface area contributed by atoms with Crippen LogP contribution in [0.2, 0.25) is 0 Å². The van der Waals surface area contributed by atoms with Crippen LogP contribution in [-0.4, -0.2) is 30.8 Å². The summed E-state index contributed by atoms with van der Waals surface area (Å²) in [7, 11) is -3.39. The van der Waals surface area contributed by atoms with Crippen LogP contribution in [0.4, 0.5) is 0 Å². The van der Waals surface area contributed by atoms with E-state index in [0.29, 0.717) is 13.1 Å². The molecular weight excluding hydrogens is 316 g/mol. The van der Waals surface area contributed by atoms with Crippen molar-refractivity contribution in [2.45, 2.75) is 34.1 Å². The lowest BCUT2D eigenvalue weighted by Crippen LogP contribution is -2.35. The normalized spacial score (nSPS) is 16.5. The molecule has 1 saturated heterocycles. The van der Waals surface area contributed by atoms with Crippen molar-refractivity contribution in [2.75, 3.05) is 13.1 Å². The van der Waals surface area contributed by atoms with E-state index >= 15 is 0 Å². The molecule has 0 saturated carbocycles. The van der Waals surface area contributed by atoms with Gasteiger partial charge in [-0.3, -0.25) is 0 Å². The predicted molar refractivity (Wildman–Crippen MR) is 87.4 cm³/mol. The van der Waals surface area contributed by atoms with Crippen molar-refractivity contribution in [3.8, 4) is 0 Å². The molecule has 4 nitrogen and oxygen atoms in total. The number of sulfonamides is 1. The number of aromatic nitrogens is 1. The van der Waals surface area contributed by atoms with Crippen molar-refractivity contribution in [3.05, 3.63) is 48.7 Å². The first-order valence-corrected chi connectivity index (χ1v) is 9.61. The van der Waals surface area contributed by atoms with Gasteiger partial charge in [0.05, 0.1) is 0 Å². The van der Waals surface area contributed by atoms with Gasteiger partial charge in [-0.1, -0.05) is 36.4 Å². The van der Waals surface area contributed by atoms with Crippen LogP contribution in [0.25, 0.3) is 0 Å². The van der Waals surface area contributed by atoms with Crippen molar-refractivity contribution in [3.63, 3.8) is 0 Å². The quantitative estimate of drug-likeness (QED) is 0.860. The number of pyridine rings is 1. The molecule has 6 heteroatoms. The SMILES string of the molecule is O=S(=O)(c1ccc(Sc2ccccc2)nc1)N1CCCCC1. The number of hydrogen-bond donors (Lipinski definition) is 0. The third kappa shape index (κ3) is 3.51. The Bertz CT molecular complexity index is 710. The minimum Gasteiger partial charge on any atom is -0.248 e. The van der Waals surface area contributed by atoms with Crippen LogP contribution >= 0.6 is 11.8 Å². The highest BCUT2D eigenvalue weighted by atomic mass is 32.2. The fourth-order valence-electron chi connectivity index (χ4n) is 2.44. The number of benzene rings is 1. The Morgan fingerprint density at radius 2 is 1.68 bits per heavy atom. The second-order valence-electron chi connectivity index (χ2n) is 5.21. The maximum absolute atomic E-state index is 12.5. The molecule has 22 heavy (non-hydrogen) atoms. The van der Waals surface area contributed by atoms with Gasteiger partial charge in [-0.15, -0.1) is 0 Å². The highest BCUT2D eigenvalue weighted by Gasteiger charge is 2.26. The number of hydrogen-bond acceptors (Lipinski definition) is 4. The summed E-state index contributed by atoms with van der Waals surface area (Å²) in [4.78, 5) is 5.66. The molecule has 0 atom stereocenters. The van der Waals surface area contributed by atoms with Crippen LogP contribution < -0.4 is 0 Å². The van der Waals surface area contributed by atoms with Gasteiger partial charge in [-0.05, 0) is 37.1 Å². The highest BCUT2D eigenvalue weighted by Crippen LogP contribution is 2.27. The molecule has 0 unspecified atom stereocenters. The van der Waals surface area contributed by atoms with Gasteiger partial charge < -0.3 is 0 Å². The summed E-state index contributed by atoms with van der Waals surface area (Å²) < 4.78 is 26.6. The van der Waals surface area contributed by atoms with Crippen molar-refractivity contribution in [1.82, 2.24) is 9.29 Å². The first-order valence-electron chi connectivity index (χ1n) is 7.35. The molecule has 1 fully saturated rings. The zero-order valence-corrected chi connectivity index (χ0v) is 13.8. The maximum Gasteiger partial charge on any atom is 0.244 e. The van der Waals surface area contributed by atoms with E-state index in [9.17, 15) is 8.42 Å². The lowest BCUT2D eigenvalue weighted by atomic mass is 10.2. The summed E-state index contributed by atoms with van der Waals surface area (Å²) in [6.45, 7) is 1.23. The number of rotatable bonds is 4. The first kappa shape index (κ1) is 15.5. The molecule has 0 bridgehead atoms. The van der Waals surface area contributed by atoms with E-state index in [0.717, 1.165) is 29.2 Å². The maximum atomic E-state index is 12.5. The lowest BCUT2D eigenvalue weighted by molar-refractivity contribution is 0.346. The van der Waals surface area contributed by atoms with E-state index in [1.54, 1.807) is 16.4 Å². The molecular formula is C16H18N2O2S2. The van der Waals surface area contributed by atoms with E-state index in [4.69, 9.17) is 0 Å². The van der Waals surface area contributed by atoms with Crippen LogP contribution in [0.15, 0.2) is 63.5 Å². The van der Waals surface area contributed by atoms with Gasteiger partial charge in [0, 0.05) is 24.2 Å². The van der Waals surface area contributed by atoms with Gasteiger partial charge in [0.1, 0.15) is 9.92 Å². The number of nitrogens with zero attached hydrogens (tertiary/aromatic N) is 2. The molecule has 0 aliphatic carbocycles. The minimum atomic E-state index is -3.39. The second kappa shape index (κ2) is 6.81. The summed E-state index contributed by atoms with van der Waals surface area (Å²) in [6, 6.07) is 13.3. The van der Waals surface area contributed by atoms with Crippen molar-refractivity contribution < 1.29 is 8.42 Å². The predicted octanol–water partition coefficient (Wildman–Crippen LogP) is 3.41. The van der Waals surface area contributed by atoms with Crippen LogP contribution in [-0.2, 0) is 10.0 Å². The fraction of sp³-hybridized carbons (Fsp3) is 0.312. The molecule has 2 heterocycles. The first-order chi connectivity index (χ1) is 10.7. The summed E-state index contributed by atoms with van der Waals surface area (Å²) >= 11 is 1.52. The van der Waals surface area contributed by atoms with Gasteiger partial charge in [-0.25, -0.2) is 13.4 Å². The molecule has 0 radical (unpaired) electrons. The van der Waals surface area contributed by atoms with Crippen LogP contribution in [0.3, 0.4) is 0 Å². The van der Waals surface area contributed by atoms with Crippen molar-refractivity contribution in [2.24, 2.45) is 0 Å². The lowest BCUT2D eigenvalue weighted by Gasteiger charge is -2.25. The Morgan fingerprint density at radius 3 is 2.32 bits per heavy atom. The third-order valence-corrected chi connectivity index (χ3v) is 6.47.